The molecule has 0 spiro atoms. The molecule has 158 valence electrons. The fourth-order valence-corrected chi connectivity index (χ4v) is 3.89. The molecular formula is C19H27N5O4S. The number of nitrogens with one attached hydrogen (secondary N) is 1. The first kappa shape index (κ1) is 21.2. The molecule has 1 aliphatic rings. The van der Waals surface area contributed by atoms with Crippen LogP contribution in [0.2, 0.25) is 0 Å². The lowest BCUT2D eigenvalue weighted by molar-refractivity contribution is -0.116. The molecule has 0 atom stereocenters. The van der Waals surface area contributed by atoms with Crippen molar-refractivity contribution in [3.05, 3.63) is 22.3 Å². The number of aryl methyl sites for hydroxylation is 2. The lowest BCUT2D eigenvalue weighted by atomic mass is 10.2. The summed E-state index contributed by atoms with van der Waals surface area (Å²) in [5, 5.41) is 7.26. The number of nitrogens with zero attached hydrogens (tertiary/aromatic N) is 4. The molecule has 0 aromatic carbocycles. The van der Waals surface area contributed by atoms with Crippen molar-refractivity contribution in [1.82, 2.24) is 20.0 Å². The van der Waals surface area contributed by atoms with Crippen LogP contribution in [0.4, 0.5) is 9.93 Å². The maximum absolute atomic E-state index is 12.3. The Bertz CT molecular complexity index is 870. The van der Waals surface area contributed by atoms with Crippen LogP contribution >= 0.6 is 11.3 Å². The Labute approximate surface area is 173 Å². The van der Waals surface area contributed by atoms with Crippen LogP contribution in [0.1, 0.15) is 62.8 Å². The molecule has 2 amide bonds. The monoisotopic (exact) mass is 421 g/mol. The van der Waals surface area contributed by atoms with Crippen LogP contribution in [0.3, 0.4) is 0 Å². The second-order valence-corrected chi connectivity index (χ2v) is 8.98. The van der Waals surface area contributed by atoms with E-state index < -0.39 is 5.60 Å². The fraction of sp³-hybridized carbons (Fsp3) is 0.632. The quantitative estimate of drug-likeness (QED) is 0.761. The van der Waals surface area contributed by atoms with Gasteiger partial charge in [-0.2, -0.15) is 4.98 Å². The van der Waals surface area contributed by atoms with Gasteiger partial charge in [-0.1, -0.05) is 23.4 Å². The highest BCUT2D eigenvalue weighted by Crippen LogP contribution is 2.29. The van der Waals surface area contributed by atoms with Crippen LogP contribution in [0.15, 0.2) is 4.52 Å². The van der Waals surface area contributed by atoms with E-state index in [2.05, 4.69) is 20.4 Å². The molecule has 3 rings (SSSR count). The average molecular weight is 422 g/mol. The molecule has 3 heterocycles. The van der Waals surface area contributed by atoms with E-state index in [0.717, 1.165) is 17.0 Å². The number of amides is 2. The molecule has 1 aliphatic heterocycles. The van der Waals surface area contributed by atoms with Gasteiger partial charge in [0.05, 0.1) is 12.2 Å². The second-order valence-electron chi connectivity index (χ2n) is 7.90. The highest BCUT2D eigenvalue weighted by atomic mass is 32.1. The maximum Gasteiger partial charge on any atom is 0.410 e. The number of aromatic nitrogens is 3. The molecule has 0 fully saturated rings. The van der Waals surface area contributed by atoms with Gasteiger partial charge in [0.2, 0.25) is 11.8 Å². The largest absolute Gasteiger partial charge is 0.444 e. The normalized spacial score (nSPS) is 13.9. The molecule has 2 aromatic rings. The number of thiazole rings is 1. The van der Waals surface area contributed by atoms with Gasteiger partial charge in [-0.3, -0.25) is 4.79 Å². The van der Waals surface area contributed by atoms with Crippen LogP contribution in [0.25, 0.3) is 0 Å². The smallest absolute Gasteiger partial charge is 0.410 e. The zero-order valence-electron chi connectivity index (χ0n) is 17.3. The standard InChI is InChI=1S/C19H27N5O4S/c1-5-14-21-16(28-23-14)8-6-7-15(25)22-17-20-12-9-10-24(11-13(12)29-17)18(26)27-19(2,3)4/h5-11H2,1-4H3,(H,20,22,25). The summed E-state index contributed by atoms with van der Waals surface area (Å²) in [4.78, 5) is 35.9. The lowest BCUT2D eigenvalue weighted by Gasteiger charge is -2.29. The van der Waals surface area contributed by atoms with Crippen molar-refractivity contribution in [3.63, 3.8) is 0 Å². The van der Waals surface area contributed by atoms with Gasteiger partial charge < -0.3 is 19.5 Å². The third-order valence-corrected chi connectivity index (χ3v) is 5.25. The highest BCUT2D eigenvalue weighted by Gasteiger charge is 2.28. The Morgan fingerprint density at radius 1 is 1.31 bits per heavy atom. The van der Waals surface area contributed by atoms with Crippen molar-refractivity contribution in [2.45, 2.75) is 71.9 Å². The first-order chi connectivity index (χ1) is 13.7. The highest BCUT2D eigenvalue weighted by molar-refractivity contribution is 7.15. The maximum atomic E-state index is 12.3. The topological polar surface area (TPSA) is 110 Å². The molecule has 29 heavy (non-hydrogen) atoms. The summed E-state index contributed by atoms with van der Waals surface area (Å²) in [6, 6.07) is 0. The SMILES string of the molecule is CCc1noc(CCCC(=O)Nc2nc3c(s2)CN(C(=O)OC(C)(C)C)CC3)n1. The van der Waals surface area contributed by atoms with E-state index in [0.29, 0.717) is 55.6 Å². The number of anilines is 1. The van der Waals surface area contributed by atoms with Gasteiger partial charge in [0.15, 0.2) is 11.0 Å². The Hall–Kier alpha value is -2.49. The summed E-state index contributed by atoms with van der Waals surface area (Å²) in [6.45, 7) is 8.52. The number of carbonyl (C=O) groups is 2. The molecule has 0 saturated carbocycles. The Balaban J connectivity index is 1.48. The summed E-state index contributed by atoms with van der Waals surface area (Å²) in [5.41, 5.74) is 0.409. The molecule has 10 heteroatoms. The van der Waals surface area contributed by atoms with E-state index in [1.807, 2.05) is 27.7 Å². The van der Waals surface area contributed by atoms with Crippen LogP contribution in [-0.4, -0.2) is 44.2 Å². The Kier molecular flexibility index (Phi) is 6.51. The summed E-state index contributed by atoms with van der Waals surface area (Å²) >= 11 is 1.41. The summed E-state index contributed by atoms with van der Waals surface area (Å²) in [5.74, 6) is 1.13. The van der Waals surface area contributed by atoms with Crippen molar-refractivity contribution in [3.8, 4) is 0 Å². The number of fused-ring (bicyclic) bond motifs is 1. The van der Waals surface area contributed by atoms with E-state index >= 15 is 0 Å². The minimum absolute atomic E-state index is 0.102. The van der Waals surface area contributed by atoms with Crippen molar-refractivity contribution in [2.75, 3.05) is 11.9 Å². The van der Waals surface area contributed by atoms with Crippen molar-refractivity contribution in [2.24, 2.45) is 0 Å². The molecular weight excluding hydrogens is 394 g/mol. The Morgan fingerprint density at radius 2 is 2.10 bits per heavy atom. The van der Waals surface area contributed by atoms with Crippen molar-refractivity contribution >= 4 is 28.5 Å². The average Bonchev–Trinajstić information content (AvgIpc) is 3.25. The fourth-order valence-electron chi connectivity index (χ4n) is 2.85. The predicted molar refractivity (Wildman–Crippen MR) is 108 cm³/mol. The van der Waals surface area contributed by atoms with Gasteiger partial charge >= 0.3 is 6.09 Å². The van der Waals surface area contributed by atoms with E-state index in [1.165, 1.54) is 11.3 Å². The first-order valence-electron chi connectivity index (χ1n) is 9.81. The predicted octanol–water partition coefficient (Wildman–Crippen LogP) is 3.34. The minimum atomic E-state index is -0.524. The van der Waals surface area contributed by atoms with Crippen LogP contribution in [0, 0.1) is 0 Å². The van der Waals surface area contributed by atoms with Gasteiger partial charge in [-0.15, -0.1) is 0 Å². The van der Waals surface area contributed by atoms with Crippen molar-refractivity contribution < 1.29 is 18.8 Å². The molecule has 0 saturated heterocycles. The van der Waals surface area contributed by atoms with E-state index in [1.54, 1.807) is 4.90 Å². The van der Waals surface area contributed by atoms with Crippen LogP contribution in [-0.2, 0) is 35.3 Å². The molecule has 2 aromatic heterocycles. The summed E-state index contributed by atoms with van der Waals surface area (Å²) in [6.07, 6.45) is 2.59. The summed E-state index contributed by atoms with van der Waals surface area (Å²) < 4.78 is 10.6. The second kappa shape index (κ2) is 8.89. The van der Waals surface area contributed by atoms with Gasteiger partial charge in [-0.25, -0.2) is 9.78 Å². The molecule has 0 bridgehead atoms. The minimum Gasteiger partial charge on any atom is -0.444 e. The zero-order valence-corrected chi connectivity index (χ0v) is 18.1. The number of hydrogen-bond acceptors (Lipinski definition) is 8. The first-order valence-corrected chi connectivity index (χ1v) is 10.6. The van der Waals surface area contributed by atoms with Gasteiger partial charge in [0.25, 0.3) is 0 Å². The van der Waals surface area contributed by atoms with Gasteiger partial charge in [0, 0.05) is 37.1 Å². The van der Waals surface area contributed by atoms with E-state index in [4.69, 9.17) is 9.26 Å². The summed E-state index contributed by atoms with van der Waals surface area (Å²) in [7, 11) is 0. The van der Waals surface area contributed by atoms with Crippen molar-refractivity contribution in [1.29, 1.82) is 0 Å². The van der Waals surface area contributed by atoms with Gasteiger partial charge in [-0.05, 0) is 27.2 Å². The van der Waals surface area contributed by atoms with E-state index in [9.17, 15) is 9.59 Å². The van der Waals surface area contributed by atoms with Crippen LogP contribution < -0.4 is 5.32 Å². The number of rotatable bonds is 6. The Morgan fingerprint density at radius 3 is 2.79 bits per heavy atom. The molecule has 1 N–H and O–H groups in total. The molecule has 9 nitrogen and oxygen atoms in total. The molecule has 0 radical (unpaired) electrons. The van der Waals surface area contributed by atoms with E-state index in [-0.39, 0.29) is 12.0 Å². The van der Waals surface area contributed by atoms with Crippen LogP contribution in [0.5, 0.6) is 0 Å². The number of hydrogen-bond donors (Lipinski definition) is 1. The third-order valence-electron chi connectivity index (χ3n) is 4.25. The van der Waals surface area contributed by atoms with Gasteiger partial charge in [0.1, 0.15) is 5.60 Å². The zero-order chi connectivity index (χ0) is 21.0. The molecule has 0 aliphatic carbocycles. The number of carbonyl (C=O) groups excluding carboxylic acids is 2. The third kappa shape index (κ3) is 5.99. The lowest BCUT2D eigenvalue weighted by Crippen LogP contribution is -2.39. The number of ether oxygens (including phenoxy) is 1. The molecule has 0 unspecified atom stereocenters.